The molecule has 0 saturated heterocycles. The molecule has 0 rings (SSSR count). The molecule has 0 aromatic carbocycles. The zero-order chi connectivity index (χ0) is 6.78. The molecule has 0 aliphatic carbocycles. The fourth-order valence-corrected chi connectivity index (χ4v) is 0.380. The number of halogens is 1. The van der Waals surface area contributed by atoms with Gasteiger partial charge in [0.25, 0.3) is 10.0 Å². The number of rotatable bonds is 2. The number of hydrogen-bond donors (Lipinski definition) is 0. The maximum atomic E-state index is 11.7. The van der Waals surface area contributed by atoms with E-state index in [1.165, 1.54) is 0 Å². The van der Waals surface area contributed by atoms with Crippen LogP contribution in [0.4, 0.5) is 4.39 Å². The number of hydrogen-bond acceptors (Lipinski definition) is 2. The molecule has 0 amide bonds. The summed E-state index contributed by atoms with van der Waals surface area (Å²) in [7, 11) is -4.29. The van der Waals surface area contributed by atoms with Crippen molar-refractivity contribution in [2.45, 2.75) is 5.50 Å². The van der Waals surface area contributed by atoms with Crippen LogP contribution in [0.2, 0.25) is 0 Å². The Morgan fingerprint density at radius 3 is 2.12 bits per heavy atom. The van der Waals surface area contributed by atoms with Gasteiger partial charge in [0.05, 0.1) is 0 Å². The van der Waals surface area contributed by atoms with E-state index >= 15 is 0 Å². The lowest BCUT2D eigenvalue weighted by Gasteiger charge is -1.93. The van der Waals surface area contributed by atoms with Crippen LogP contribution in [0.5, 0.6) is 0 Å². The maximum absolute atomic E-state index is 11.7. The topological polar surface area (TPSA) is 57.9 Å². The first kappa shape index (κ1) is 7.58. The van der Waals surface area contributed by atoms with Crippen LogP contribution in [-0.2, 0) is 10.0 Å². The summed E-state index contributed by atoms with van der Waals surface area (Å²) in [4.78, 5) is 0. The summed E-state index contributed by atoms with van der Waals surface area (Å²) in [6, 6.07) is 0. The van der Waals surface area contributed by atoms with Gasteiger partial charge in [-0.2, -0.15) is 0 Å². The molecule has 0 fully saturated rings. The Kier molecular flexibility index (Phi) is 2.12. The molecule has 1 N–H and O–H groups in total. The molecule has 1 radical (unpaired) electrons. The highest BCUT2D eigenvalue weighted by Gasteiger charge is 2.15. The Labute approximate surface area is 47.0 Å². The Morgan fingerprint density at radius 2 is 2.12 bits per heavy atom. The second-order valence-corrected chi connectivity index (χ2v) is 2.67. The molecule has 0 aromatic heterocycles. The van der Waals surface area contributed by atoms with Crippen LogP contribution in [0.25, 0.3) is 0 Å². The van der Waals surface area contributed by atoms with Crippen LogP contribution in [0.1, 0.15) is 0 Å². The van der Waals surface area contributed by atoms with E-state index in [1.54, 1.807) is 0 Å². The lowest BCUT2D eigenvalue weighted by atomic mass is 10.7. The molecule has 0 heterocycles. The number of alkyl halides is 1. The zero-order valence-corrected chi connectivity index (χ0v) is 4.78. The van der Waals surface area contributed by atoms with Crippen LogP contribution in [0.15, 0.2) is 12.7 Å². The summed E-state index contributed by atoms with van der Waals surface area (Å²) in [5.41, 5.74) is -2.25. The van der Waals surface area contributed by atoms with E-state index in [4.69, 9.17) is 5.14 Å². The predicted molar refractivity (Wildman–Crippen MR) is 27.1 cm³/mol. The van der Waals surface area contributed by atoms with E-state index in [2.05, 4.69) is 6.58 Å². The van der Waals surface area contributed by atoms with E-state index < -0.39 is 15.5 Å². The summed E-state index contributed by atoms with van der Waals surface area (Å²) in [5.74, 6) is 0. The minimum Gasteiger partial charge on any atom is -0.224 e. The Balaban J connectivity index is 4.26. The van der Waals surface area contributed by atoms with Gasteiger partial charge in [-0.3, -0.25) is 0 Å². The standard InChI is InChI=1S/C3H5FNO2S/c1-2-3(4)8(5,6)7/h2-3,5H,1H2. The molecule has 0 aromatic rings. The fraction of sp³-hybridized carbons (Fsp3) is 0.333. The van der Waals surface area contributed by atoms with Gasteiger partial charge >= 0.3 is 0 Å². The average Bonchev–Trinajstić information content (AvgIpc) is 1.62. The van der Waals surface area contributed by atoms with E-state index in [9.17, 15) is 12.8 Å². The van der Waals surface area contributed by atoms with E-state index in [-0.39, 0.29) is 0 Å². The van der Waals surface area contributed by atoms with Crippen molar-refractivity contribution in [1.29, 1.82) is 0 Å². The zero-order valence-electron chi connectivity index (χ0n) is 3.96. The normalized spacial score (nSPS) is 15.2. The van der Waals surface area contributed by atoms with Crippen molar-refractivity contribution in [3.8, 4) is 0 Å². The van der Waals surface area contributed by atoms with Gasteiger partial charge in [-0.15, -0.1) is 5.14 Å². The highest BCUT2D eigenvalue weighted by atomic mass is 32.2. The van der Waals surface area contributed by atoms with Crippen molar-refractivity contribution < 1.29 is 12.8 Å². The third kappa shape index (κ3) is 2.04. The average molecular weight is 138 g/mol. The Bertz CT molecular complexity index is 174. The first-order chi connectivity index (χ1) is 3.48. The molecule has 0 bridgehead atoms. The van der Waals surface area contributed by atoms with Gasteiger partial charge in [0.2, 0.25) is 5.50 Å². The SMILES string of the molecule is C=CC(F)S([NH])(=O)=O. The summed E-state index contributed by atoms with van der Waals surface area (Å²) in [6.07, 6.45) is 0.558. The minimum absolute atomic E-state index is 0.558. The molecule has 0 saturated carbocycles. The molecule has 0 aliphatic heterocycles. The molecule has 5 heteroatoms. The van der Waals surface area contributed by atoms with Gasteiger partial charge in [0, 0.05) is 0 Å². The van der Waals surface area contributed by atoms with Crippen LogP contribution < -0.4 is 5.14 Å². The molecule has 0 aliphatic rings. The van der Waals surface area contributed by atoms with Gasteiger partial charge < -0.3 is 0 Å². The van der Waals surface area contributed by atoms with Crippen molar-refractivity contribution in [3.05, 3.63) is 12.7 Å². The van der Waals surface area contributed by atoms with Gasteiger partial charge in [0.15, 0.2) is 0 Å². The minimum atomic E-state index is -4.29. The second-order valence-electron chi connectivity index (χ2n) is 1.13. The molecule has 1 atom stereocenters. The third-order valence-electron chi connectivity index (χ3n) is 0.482. The first-order valence-corrected chi connectivity index (χ1v) is 3.28. The highest BCUT2D eigenvalue weighted by Crippen LogP contribution is 1.97. The number of nitrogens with one attached hydrogen (secondary N) is 1. The molecule has 0 spiro atoms. The third-order valence-corrected chi connectivity index (χ3v) is 1.27. The molecule has 47 valence electrons. The molecule has 3 nitrogen and oxygen atoms in total. The van der Waals surface area contributed by atoms with Crippen molar-refractivity contribution >= 4 is 10.0 Å². The van der Waals surface area contributed by atoms with Crippen molar-refractivity contribution in [2.24, 2.45) is 0 Å². The van der Waals surface area contributed by atoms with E-state index in [0.29, 0.717) is 6.08 Å². The predicted octanol–water partition coefficient (Wildman–Crippen LogP) is 0.0807. The van der Waals surface area contributed by atoms with Crippen LogP contribution >= 0.6 is 0 Å². The van der Waals surface area contributed by atoms with Crippen molar-refractivity contribution in [1.82, 2.24) is 5.14 Å². The largest absolute Gasteiger partial charge is 0.261 e. The molecular formula is C3H5FNO2S. The van der Waals surface area contributed by atoms with Crippen molar-refractivity contribution in [2.75, 3.05) is 0 Å². The van der Waals surface area contributed by atoms with Gasteiger partial charge in [-0.1, -0.05) is 6.58 Å². The quantitative estimate of drug-likeness (QED) is 0.507. The Morgan fingerprint density at radius 1 is 1.75 bits per heavy atom. The van der Waals surface area contributed by atoms with Gasteiger partial charge in [0.1, 0.15) is 0 Å². The molecule has 1 unspecified atom stereocenters. The maximum Gasteiger partial charge on any atom is 0.261 e. The second kappa shape index (κ2) is 2.23. The van der Waals surface area contributed by atoms with E-state index in [0.717, 1.165) is 0 Å². The van der Waals surface area contributed by atoms with Crippen LogP contribution in [0, 0.1) is 0 Å². The summed E-state index contributed by atoms with van der Waals surface area (Å²) in [6.45, 7) is 2.85. The summed E-state index contributed by atoms with van der Waals surface area (Å²) >= 11 is 0. The van der Waals surface area contributed by atoms with Crippen molar-refractivity contribution in [3.63, 3.8) is 0 Å². The lowest BCUT2D eigenvalue weighted by molar-refractivity contribution is 0.474. The Hall–Kier alpha value is -0.420. The monoisotopic (exact) mass is 138 g/mol. The first-order valence-electron chi connectivity index (χ1n) is 1.73. The number of sulfonamides is 1. The van der Waals surface area contributed by atoms with E-state index in [1.807, 2.05) is 0 Å². The summed E-state index contributed by atoms with van der Waals surface area (Å²) < 4.78 is 31.3. The molecule has 8 heavy (non-hydrogen) atoms. The summed E-state index contributed by atoms with van der Waals surface area (Å²) in [5, 5.41) is 6.06. The van der Waals surface area contributed by atoms with Gasteiger partial charge in [-0.05, 0) is 6.08 Å². The van der Waals surface area contributed by atoms with Crippen LogP contribution in [0.3, 0.4) is 0 Å². The highest BCUT2D eigenvalue weighted by molar-refractivity contribution is 7.89. The smallest absolute Gasteiger partial charge is 0.224 e. The molecular weight excluding hydrogens is 133 g/mol. The lowest BCUT2D eigenvalue weighted by Crippen LogP contribution is -2.12. The van der Waals surface area contributed by atoms with Crippen LogP contribution in [-0.4, -0.2) is 13.9 Å². The van der Waals surface area contributed by atoms with Gasteiger partial charge in [-0.25, -0.2) is 12.8 Å². The fourth-order valence-electron chi connectivity index (χ4n) is 0.127.